The van der Waals surface area contributed by atoms with E-state index in [1.165, 1.54) is 16.4 Å². The van der Waals surface area contributed by atoms with Crippen molar-refractivity contribution >= 4 is 37.9 Å². The molecule has 31 heavy (non-hydrogen) atoms. The topological polar surface area (TPSA) is 105 Å². The predicted molar refractivity (Wildman–Crippen MR) is 123 cm³/mol. The largest absolute Gasteiger partial charge is 0.277 e. The summed E-state index contributed by atoms with van der Waals surface area (Å²) in [6, 6.07) is 17.6. The van der Waals surface area contributed by atoms with Gasteiger partial charge in [0.05, 0.1) is 16.3 Å². The lowest BCUT2D eigenvalue weighted by atomic mass is 10.0. The number of nitro groups is 1. The summed E-state index contributed by atoms with van der Waals surface area (Å²) >= 11 is 0. The van der Waals surface area contributed by atoms with Crippen molar-refractivity contribution in [1.82, 2.24) is 4.31 Å². The van der Waals surface area contributed by atoms with Crippen molar-refractivity contribution in [2.24, 2.45) is 5.10 Å². The Kier molecular flexibility index (Phi) is 6.67. The lowest BCUT2D eigenvalue weighted by Crippen LogP contribution is -2.31. The summed E-state index contributed by atoms with van der Waals surface area (Å²) in [4.78, 5) is 10.4. The molecule has 0 aliphatic heterocycles. The fourth-order valence-corrected chi connectivity index (χ4v) is 4.88. The lowest BCUT2D eigenvalue weighted by molar-refractivity contribution is -0.385. The van der Waals surface area contributed by atoms with Crippen LogP contribution in [0.15, 0.2) is 70.7 Å². The molecule has 3 aromatic rings. The Balaban J connectivity index is 2.00. The Hall–Kier alpha value is -3.30. The van der Waals surface area contributed by atoms with Gasteiger partial charge in [0.2, 0.25) is 10.0 Å². The molecule has 9 heteroatoms. The standard InChI is InChI=1S/C22H24N4O4S/c1-4-25(5-2)31(29,30)22-15-20(26(27)28)12-13-21(22)24-23-16(3)18-11-10-17-8-6-7-9-19(17)14-18/h6-15,24H,4-5H2,1-3H3/b23-16-. The van der Waals surface area contributed by atoms with E-state index in [-0.39, 0.29) is 29.4 Å². The fraction of sp³-hybridized carbons (Fsp3) is 0.227. The zero-order valence-corrected chi connectivity index (χ0v) is 18.4. The third-order valence-electron chi connectivity index (χ3n) is 5.01. The molecule has 3 rings (SSSR count). The first kappa shape index (κ1) is 22.4. The van der Waals surface area contributed by atoms with E-state index in [0.29, 0.717) is 5.71 Å². The van der Waals surface area contributed by atoms with Crippen LogP contribution in [-0.2, 0) is 10.0 Å². The molecule has 0 radical (unpaired) electrons. The Morgan fingerprint density at radius 2 is 1.71 bits per heavy atom. The number of hydrazone groups is 1. The van der Waals surface area contributed by atoms with Gasteiger partial charge in [-0.1, -0.05) is 50.2 Å². The SMILES string of the molecule is CCN(CC)S(=O)(=O)c1cc([N+](=O)[O-])ccc1N/N=C(/C)c1ccc2ccccc2c1. The average molecular weight is 441 g/mol. The van der Waals surface area contributed by atoms with Gasteiger partial charge in [-0.15, -0.1) is 0 Å². The Labute approximate surface area is 181 Å². The maximum Gasteiger partial charge on any atom is 0.270 e. The molecule has 162 valence electrons. The van der Waals surface area contributed by atoms with Gasteiger partial charge < -0.3 is 0 Å². The number of fused-ring (bicyclic) bond motifs is 1. The van der Waals surface area contributed by atoms with Gasteiger partial charge in [-0.05, 0) is 35.4 Å². The highest BCUT2D eigenvalue weighted by Gasteiger charge is 2.27. The van der Waals surface area contributed by atoms with E-state index in [2.05, 4.69) is 10.5 Å². The Morgan fingerprint density at radius 1 is 1.03 bits per heavy atom. The smallest absolute Gasteiger partial charge is 0.270 e. The van der Waals surface area contributed by atoms with Crippen LogP contribution in [0.3, 0.4) is 0 Å². The van der Waals surface area contributed by atoms with Crippen LogP contribution in [0.25, 0.3) is 10.8 Å². The molecular formula is C22H24N4O4S. The summed E-state index contributed by atoms with van der Waals surface area (Å²) in [7, 11) is -3.93. The molecule has 0 bridgehead atoms. The van der Waals surface area contributed by atoms with Gasteiger partial charge in [0, 0.05) is 25.2 Å². The van der Waals surface area contributed by atoms with Gasteiger partial charge in [0.25, 0.3) is 5.69 Å². The maximum atomic E-state index is 13.1. The Bertz CT molecular complexity index is 1250. The number of hydrogen-bond donors (Lipinski definition) is 1. The molecule has 0 amide bonds. The van der Waals surface area contributed by atoms with E-state index in [9.17, 15) is 18.5 Å². The van der Waals surface area contributed by atoms with Gasteiger partial charge in [0.15, 0.2) is 0 Å². The lowest BCUT2D eigenvalue weighted by Gasteiger charge is -2.20. The number of anilines is 1. The fourth-order valence-electron chi connectivity index (χ4n) is 3.26. The first-order valence-electron chi connectivity index (χ1n) is 9.86. The average Bonchev–Trinajstić information content (AvgIpc) is 2.77. The summed E-state index contributed by atoms with van der Waals surface area (Å²) in [6.45, 7) is 5.74. The first-order chi connectivity index (χ1) is 14.8. The van der Waals surface area contributed by atoms with Crippen LogP contribution in [0.4, 0.5) is 11.4 Å². The van der Waals surface area contributed by atoms with Crippen molar-refractivity contribution in [2.45, 2.75) is 25.7 Å². The summed E-state index contributed by atoms with van der Waals surface area (Å²) < 4.78 is 27.4. The van der Waals surface area contributed by atoms with Crippen molar-refractivity contribution in [3.05, 3.63) is 76.3 Å². The molecule has 0 heterocycles. The molecule has 0 aromatic heterocycles. The number of benzene rings is 3. The minimum atomic E-state index is -3.93. The molecule has 8 nitrogen and oxygen atoms in total. The zero-order valence-electron chi connectivity index (χ0n) is 17.6. The molecular weight excluding hydrogens is 416 g/mol. The minimum Gasteiger partial charge on any atom is -0.277 e. The first-order valence-corrected chi connectivity index (χ1v) is 11.3. The molecule has 0 fully saturated rings. The van der Waals surface area contributed by atoms with Crippen molar-refractivity contribution in [2.75, 3.05) is 18.5 Å². The van der Waals surface area contributed by atoms with E-state index >= 15 is 0 Å². The molecule has 0 saturated carbocycles. The van der Waals surface area contributed by atoms with Crippen molar-refractivity contribution in [3.63, 3.8) is 0 Å². The van der Waals surface area contributed by atoms with Gasteiger partial charge in [-0.3, -0.25) is 15.5 Å². The molecule has 0 atom stereocenters. The summed E-state index contributed by atoms with van der Waals surface area (Å²) in [6.07, 6.45) is 0. The molecule has 0 aliphatic rings. The Morgan fingerprint density at radius 3 is 2.35 bits per heavy atom. The summed E-state index contributed by atoms with van der Waals surface area (Å²) in [5.41, 5.74) is 4.20. The molecule has 0 unspecified atom stereocenters. The number of nitrogens with zero attached hydrogens (tertiary/aromatic N) is 3. The predicted octanol–water partition coefficient (Wildman–Crippen LogP) is 4.61. The molecule has 0 saturated heterocycles. The maximum absolute atomic E-state index is 13.1. The summed E-state index contributed by atoms with van der Waals surface area (Å²) in [5, 5.41) is 17.7. The third kappa shape index (κ3) is 4.73. The van der Waals surface area contributed by atoms with E-state index in [4.69, 9.17) is 0 Å². The van der Waals surface area contributed by atoms with Gasteiger partial charge in [-0.2, -0.15) is 9.41 Å². The van der Waals surface area contributed by atoms with Crippen molar-refractivity contribution in [3.8, 4) is 0 Å². The highest BCUT2D eigenvalue weighted by Crippen LogP contribution is 2.29. The van der Waals surface area contributed by atoms with Crippen molar-refractivity contribution in [1.29, 1.82) is 0 Å². The summed E-state index contributed by atoms with van der Waals surface area (Å²) in [5.74, 6) is 0. The zero-order chi connectivity index (χ0) is 22.6. The van der Waals surface area contributed by atoms with Crippen LogP contribution >= 0.6 is 0 Å². The highest BCUT2D eigenvalue weighted by atomic mass is 32.2. The van der Waals surface area contributed by atoms with Crippen LogP contribution in [0.2, 0.25) is 0 Å². The van der Waals surface area contributed by atoms with E-state index < -0.39 is 14.9 Å². The van der Waals surface area contributed by atoms with Gasteiger partial charge in [0.1, 0.15) is 4.90 Å². The number of nitrogens with one attached hydrogen (secondary N) is 1. The number of nitro benzene ring substituents is 1. The second-order valence-corrected chi connectivity index (χ2v) is 8.80. The molecule has 0 spiro atoms. The highest BCUT2D eigenvalue weighted by molar-refractivity contribution is 7.89. The van der Waals surface area contributed by atoms with E-state index in [0.717, 1.165) is 22.4 Å². The van der Waals surface area contributed by atoms with Crippen LogP contribution in [0.1, 0.15) is 26.3 Å². The van der Waals surface area contributed by atoms with Crippen LogP contribution < -0.4 is 5.43 Å². The van der Waals surface area contributed by atoms with Gasteiger partial charge >= 0.3 is 0 Å². The second kappa shape index (κ2) is 9.23. The van der Waals surface area contributed by atoms with Crippen LogP contribution in [0.5, 0.6) is 0 Å². The number of sulfonamides is 1. The quantitative estimate of drug-likeness (QED) is 0.313. The van der Waals surface area contributed by atoms with Crippen LogP contribution in [-0.4, -0.2) is 36.4 Å². The number of non-ortho nitro benzene ring substituents is 1. The number of rotatable bonds is 8. The number of hydrogen-bond acceptors (Lipinski definition) is 6. The van der Waals surface area contributed by atoms with Crippen molar-refractivity contribution < 1.29 is 13.3 Å². The van der Waals surface area contributed by atoms with E-state index in [1.54, 1.807) is 20.8 Å². The van der Waals surface area contributed by atoms with E-state index in [1.807, 2.05) is 42.5 Å². The molecule has 3 aromatic carbocycles. The third-order valence-corrected chi connectivity index (χ3v) is 7.10. The second-order valence-electron chi connectivity index (χ2n) is 6.90. The molecule has 1 N–H and O–H groups in total. The monoisotopic (exact) mass is 440 g/mol. The molecule has 0 aliphatic carbocycles. The van der Waals surface area contributed by atoms with Crippen LogP contribution in [0, 0.1) is 10.1 Å². The normalized spacial score (nSPS) is 12.3. The minimum absolute atomic E-state index is 0.178. The van der Waals surface area contributed by atoms with Gasteiger partial charge in [-0.25, -0.2) is 8.42 Å².